The van der Waals surface area contributed by atoms with E-state index in [0.717, 1.165) is 4.90 Å². The van der Waals surface area contributed by atoms with Crippen LogP contribution in [0.25, 0.3) is 5.76 Å². The molecule has 0 spiro atoms. The number of aliphatic hydroxyl groups is 1. The second-order valence-electron chi connectivity index (χ2n) is 6.48. The lowest BCUT2D eigenvalue weighted by molar-refractivity contribution is -0.148. The van der Waals surface area contributed by atoms with E-state index in [1.807, 2.05) is 0 Å². The first-order valence-corrected chi connectivity index (χ1v) is 9.05. The van der Waals surface area contributed by atoms with Crippen molar-refractivity contribution in [3.05, 3.63) is 65.2 Å². The number of carbonyl (C=O) groups is 3. The number of nitrogens with zero attached hydrogens (tertiary/aromatic N) is 1. The maximum absolute atomic E-state index is 12.8. The highest BCUT2D eigenvalue weighted by Gasteiger charge is 2.47. The van der Waals surface area contributed by atoms with E-state index in [1.54, 1.807) is 48.5 Å². The quantitative estimate of drug-likeness (QED) is 0.337. The van der Waals surface area contributed by atoms with Crippen LogP contribution in [-0.4, -0.2) is 55.5 Å². The van der Waals surface area contributed by atoms with Gasteiger partial charge in [0.2, 0.25) is 0 Å². The summed E-state index contributed by atoms with van der Waals surface area (Å²) in [5, 5.41) is 10.9. The third-order valence-electron chi connectivity index (χ3n) is 4.84. The molecule has 30 heavy (non-hydrogen) atoms. The minimum Gasteiger partial charge on any atom is -0.507 e. The number of hydrogen-bond acceptors (Lipinski definition) is 7. The molecule has 1 fully saturated rings. The molecule has 3 rings (SSSR count). The van der Waals surface area contributed by atoms with Gasteiger partial charge in [-0.15, -0.1) is 0 Å². The molecule has 1 aliphatic heterocycles. The van der Waals surface area contributed by atoms with Crippen molar-refractivity contribution in [2.75, 3.05) is 27.9 Å². The predicted octanol–water partition coefficient (Wildman–Crippen LogP) is 2.30. The van der Waals surface area contributed by atoms with Gasteiger partial charge in [-0.1, -0.05) is 36.4 Å². The molecular weight excluding hydrogens is 390 g/mol. The topological polar surface area (TPSA) is 102 Å². The SMILES string of the molecule is COC(=O)CN1C(=O)C(=O)C(=C(O)c2ccccc2)[C@H]1c1ccc(OC)c(OC)c1. The van der Waals surface area contributed by atoms with Gasteiger partial charge in [0.1, 0.15) is 12.3 Å². The van der Waals surface area contributed by atoms with Gasteiger partial charge in [-0.2, -0.15) is 0 Å². The fraction of sp³-hybridized carbons (Fsp3) is 0.227. The Morgan fingerprint density at radius 1 is 1.00 bits per heavy atom. The Bertz CT molecular complexity index is 1010. The normalized spacial score (nSPS) is 17.7. The van der Waals surface area contributed by atoms with Crippen LogP contribution in [0.5, 0.6) is 11.5 Å². The molecule has 0 bridgehead atoms. The fourth-order valence-corrected chi connectivity index (χ4v) is 3.37. The number of likely N-dealkylation sites (tertiary alicyclic amines) is 1. The van der Waals surface area contributed by atoms with Crippen molar-refractivity contribution in [2.24, 2.45) is 0 Å². The van der Waals surface area contributed by atoms with Crippen LogP contribution >= 0.6 is 0 Å². The number of methoxy groups -OCH3 is 3. The number of rotatable bonds is 6. The number of benzene rings is 2. The largest absolute Gasteiger partial charge is 0.507 e. The van der Waals surface area contributed by atoms with Crippen LogP contribution in [0.2, 0.25) is 0 Å². The molecule has 1 aliphatic rings. The Hall–Kier alpha value is -3.81. The summed E-state index contributed by atoms with van der Waals surface area (Å²) in [6, 6.07) is 12.2. The Kier molecular flexibility index (Phi) is 6.06. The molecule has 1 atom stereocenters. The van der Waals surface area contributed by atoms with E-state index in [-0.39, 0.29) is 11.3 Å². The van der Waals surface area contributed by atoms with Crippen LogP contribution in [0.4, 0.5) is 0 Å². The molecule has 1 amide bonds. The minimum absolute atomic E-state index is 0.123. The van der Waals surface area contributed by atoms with Gasteiger partial charge in [0.25, 0.3) is 11.7 Å². The van der Waals surface area contributed by atoms with Gasteiger partial charge in [0.15, 0.2) is 11.5 Å². The van der Waals surface area contributed by atoms with Crippen LogP contribution in [0, 0.1) is 0 Å². The summed E-state index contributed by atoms with van der Waals surface area (Å²) < 4.78 is 15.2. The van der Waals surface area contributed by atoms with Gasteiger partial charge in [-0.05, 0) is 17.7 Å². The second-order valence-corrected chi connectivity index (χ2v) is 6.48. The summed E-state index contributed by atoms with van der Waals surface area (Å²) in [6.07, 6.45) is 0. The van der Waals surface area contributed by atoms with Gasteiger partial charge < -0.3 is 24.2 Å². The Morgan fingerprint density at radius 3 is 2.27 bits per heavy atom. The minimum atomic E-state index is -1.01. The molecule has 1 heterocycles. The molecule has 0 unspecified atom stereocenters. The first-order chi connectivity index (χ1) is 14.4. The molecule has 0 saturated carbocycles. The molecule has 1 saturated heterocycles. The van der Waals surface area contributed by atoms with E-state index in [4.69, 9.17) is 9.47 Å². The van der Waals surface area contributed by atoms with Gasteiger partial charge >= 0.3 is 5.97 Å². The first kappa shape index (κ1) is 20.9. The summed E-state index contributed by atoms with van der Waals surface area (Å²) >= 11 is 0. The Morgan fingerprint density at radius 2 is 1.67 bits per heavy atom. The number of ketones is 1. The van der Waals surface area contributed by atoms with Crippen molar-refractivity contribution in [1.82, 2.24) is 4.90 Å². The summed E-state index contributed by atoms with van der Waals surface area (Å²) in [5.41, 5.74) is 0.717. The molecule has 8 heteroatoms. The van der Waals surface area contributed by atoms with Crippen molar-refractivity contribution in [3.63, 3.8) is 0 Å². The predicted molar refractivity (Wildman–Crippen MR) is 107 cm³/mol. The molecule has 8 nitrogen and oxygen atoms in total. The molecule has 0 aromatic heterocycles. The molecule has 2 aromatic carbocycles. The van der Waals surface area contributed by atoms with E-state index in [0.29, 0.717) is 22.6 Å². The standard InChI is InChI=1S/C22H21NO7/c1-28-15-10-9-14(11-16(15)29-2)19-18(20(25)13-7-5-4-6-8-13)21(26)22(27)23(19)12-17(24)30-3/h4-11,19,25H,12H2,1-3H3/t19-/m1/s1. The molecule has 156 valence electrons. The van der Waals surface area contributed by atoms with Gasteiger partial charge in [-0.3, -0.25) is 14.4 Å². The van der Waals surface area contributed by atoms with Crippen molar-refractivity contribution in [1.29, 1.82) is 0 Å². The van der Waals surface area contributed by atoms with Crippen molar-refractivity contribution < 1.29 is 33.7 Å². The third-order valence-corrected chi connectivity index (χ3v) is 4.84. The third kappa shape index (κ3) is 3.71. The average Bonchev–Trinajstić information content (AvgIpc) is 3.03. The highest BCUT2D eigenvalue weighted by Crippen LogP contribution is 2.41. The van der Waals surface area contributed by atoms with Crippen LogP contribution in [-0.2, 0) is 19.1 Å². The zero-order chi connectivity index (χ0) is 21.8. The molecular formula is C22H21NO7. The summed E-state index contributed by atoms with van der Waals surface area (Å²) in [5.74, 6) is -1.99. The van der Waals surface area contributed by atoms with Crippen LogP contribution < -0.4 is 9.47 Å². The Labute approximate surface area is 173 Å². The highest BCUT2D eigenvalue weighted by atomic mass is 16.5. The lowest BCUT2D eigenvalue weighted by atomic mass is 9.95. The molecule has 0 aliphatic carbocycles. The van der Waals surface area contributed by atoms with E-state index in [1.165, 1.54) is 21.3 Å². The second kappa shape index (κ2) is 8.69. The number of amides is 1. The summed E-state index contributed by atoms with van der Waals surface area (Å²) in [7, 11) is 4.13. The van der Waals surface area contributed by atoms with E-state index >= 15 is 0 Å². The van der Waals surface area contributed by atoms with Crippen molar-refractivity contribution in [3.8, 4) is 11.5 Å². The number of carbonyl (C=O) groups excluding carboxylic acids is 3. The maximum atomic E-state index is 12.8. The van der Waals surface area contributed by atoms with Gasteiger partial charge in [0.05, 0.1) is 32.9 Å². The number of hydrogen-bond donors (Lipinski definition) is 1. The average molecular weight is 411 g/mol. The maximum Gasteiger partial charge on any atom is 0.325 e. The van der Waals surface area contributed by atoms with Crippen molar-refractivity contribution in [2.45, 2.75) is 6.04 Å². The lowest BCUT2D eigenvalue weighted by Crippen LogP contribution is -2.35. The van der Waals surface area contributed by atoms with E-state index < -0.39 is 30.2 Å². The monoisotopic (exact) mass is 411 g/mol. The smallest absolute Gasteiger partial charge is 0.325 e. The first-order valence-electron chi connectivity index (χ1n) is 9.05. The Balaban J connectivity index is 2.21. The lowest BCUT2D eigenvalue weighted by Gasteiger charge is -2.25. The van der Waals surface area contributed by atoms with Crippen LogP contribution in [0.15, 0.2) is 54.1 Å². The van der Waals surface area contributed by atoms with Crippen LogP contribution in [0.1, 0.15) is 17.2 Å². The molecule has 1 N–H and O–H groups in total. The zero-order valence-electron chi connectivity index (χ0n) is 16.7. The molecule has 2 aromatic rings. The van der Waals surface area contributed by atoms with E-state index in [2.05, 4.69) is 4.74 Å². The highest BCUT2D eigenvalue weighted by molar-refractivity contribution is 6.46. The molecule has 0 radical (unpaired) electrons. The number of Topliss-reactive ketones (excluding diaryl/α,β-unsaturated/α-hetero) is 1. The van der Waals surface area contributed by atoms with Crippen LogP contribution in [0.3, 0.4) is 0 Å². The van der Waals surface area contributed by atoms with Gasteiger partial charge in [-0.25, -0.2) is 0 Å². The van der Waals surface area contributed by atoms with Crippen molar-refractivity contribution >= 4 is 23.4 Å². The summed E-state index contributed by atoms with van der Waals surface area (Å²) in [4.78, 5) is 38.6. The van der Waals surface area contributed by atoms with E-state index in [9.17, 15) is 19.5 Å². The summed E-state index contributed by atoms with van der Waals surface area (Å²) in [6.45, 7) is -0.453. The number of esters is 1. The number of aliphatic hydroxyl groups excluding tert-OH is 1. The van der Waals surface area contributed by atoms with Gasteiger partial charge in [0, 0.05) is 5.56 Å². The number of ether oxygens (including phenoxy) is 3. The fourth-order valence-electron chi connectivity index (χ4n) is 3.37. The zero-order valence-corrected chi connectivity index (χ0v) is 16.7.